The maximum absolute atomic E-state index is 14.3. The summed E-state index contributed by atoms with van der Waals surface area (Å²) in [4.78, 5) is 14.7. The first kappa shape index (κ1) is 24.4. The van der Waals surface area contributed by atoms with E-state index in [2.05, 4.69) is 0 Å². The Morgan fingerprint density at radius 3 is 2.33 bits per heavy atom. The highest BCUT2D eigenvalue weighted by molar-refractivity contribution is 7.89. The van der Waals surface area contributed by atoms with Crippen LogP contribution in [0.15, 0.2) is 77.7 Å². The van der Waals surface area contributed by atoms with Crippen LogP contribution in [0.2, 0.25) is 0 Å². The van der Waals surface area contributed by atoms with Crippen LogP contribution >= 0.6 is 0 Å². The first-order chi connectivity index (χ1) is 17.3. The van der Waals surface area contributed by atoms with Gasteiger partial charge in [-0.1, -0.05) is 30.3 Å². The monoisotopic (exact) mass is 512 g/mol. The molecule has 0 N–H and O–H groups in total. The second kappa shape index (κ2) is 9.63. The fourth-order valence-corrected chi connectivity index (χ4v) is 6.66. The minimum absolute atomic E-state index is 0.00859. The molecular formula is C27H26F2N2O4S. The highest BCUT2D eigenvalue weighted by Gasteiger charge is 2.51. The number of halogens is 2. The van der Waals surface area contributed by atoms with Gasteiger partial charge in [-0.2, -0.15) is 4.31 Å². The van der Waals surface area contributed by atoms with Crippen molar-refractivity contribution in [3.05, 3.63) is 90.0 Å². The molecule has 0 radical (unpaired) electrons. The Balaban J connectivity index is 1.27. The molecule has 2 heterocycles. The van der Waals surface area contributed by atoms with Crippen LogP contribution in [0.3, 0.4) is 0 Å². The molecule has 0 saturated carbocycles. The lowest BCUT2D eigenvalue weighted by atomic mass is 9.79. The van der Waals surface area contributed by atoms with Crippen LogP contribution in [0, 0.1) is 17.0 Å². The standard InChI is InChI=1S/C27H26F2N2O4S/c28-21-9-12-25(24(29)17-21)36(33,34)31-15-4-13-27(19-31)14-16-30(26(27)32)18-20-7-10-23(11-8-20)35-22-5-2-1-3-6-22/h1-3,5-12,17H,4,13-16,18-19H2. The molecule has 1 atom stereocenters. The average molecular weight is 513 g/mol. The van der Waals surface area contributed by atoms with Crippen LogP contribution in [0.1, 0.15) is 24.8 Å². The van der Waals surface area contributed by atoms with Gasteiger partial charge in [0.25, 0.3) is 0 Å². The highest BCUT2D eigenvalue weighted by Crippen LogP contribution is 2.42. The summed E-state index contributed by atoms with van der Waals surface area (Å²) < 4.78 is 60.8. The lowest BCUT2D eigenvalue weighted by Crippen LogP contribution is -2.49. The molecule has 2 fully saturated rings. The molecule has 0 bridgehead atoms. The number of sulfonamides is 1. The van der Waals surface area contributed by atoms with E-state index < -0.39 is 32.0 Å². The van der Waals surface area contributed by atoms with E-state index in [4.69, 9.17) is 4.74 Å². The van der Waals surface area contributed by atoms with Crippen LogP contribution < -0.4 is 4.74 Å². The van der Waals surface area contributed by atoms with Gasteiger partial charge in [0.15, 0.2) is 0 Å². The van der Waals surface area contributed by atoms with Crippen molar-refractivity contribution in [3.8, 4) is 11.5 Å². The molecule has 0 aliphatic carbocycles. The van der Waals surface area contributed by atoms with E-state index >= 15 is 0 Å². The summed E-state index contributed by atoms with van der Waals surface area (Å²) in [5.41, 5.74) is 0.104. The number of carbonyl (C=O) groups is 1. The molecule has 5 rings (SSSR count). The first-order valence-electron chi connectivity index (χ1n) is 11.8. The second-order valence-corrected chi connectivity index (χ2v) is 11.2. The number of rotatable bonds is 6. The zero-order valence-electron chi connectivity index (χ0n) is 19.6. The number of amides is 1. The van der Waals surface area contributed by atoms with Gasteiger partial charge in [-0.15, -0.1) is 0 Å². The number of carbonyl (C=O) groups excluding carboxylic acids is 1. The third kappa shape index (κ3) is 4.73. The van der Waals surface area contributed by atoms with Crippen molar-refractivity contribution < 1.29 is 26.7 Å². The smallest absolute Gasteiger partial charge is 0.246 e. The summed E-state index contributed by atoms with van der Waals surface area (Å²) in [6.07, 6.45) is 1.59. The van der Waals surface area contributed by atoms with E-state index in [0.717, 1.165) is 23.4 Å². The number of ether oxygens (including phenoxy) is 1. The van der Waals surface area contributed by atoms with E-state index in [9.17, 15) is 22.0 Å². The van der Waals surface area contributed by atoms with Gasteiger partial charge in [-0.05, 0) is 61.2 Å². The van der Waals surface area contributed by atoms with Crippen LogP contribution in [-0.2, 0) is 21.4 Å². The van der Waals surface area contributed by atoms with Crippen LogP contribution in [0.4, 0.5) is 8.78 Å². The highest BCUT2D eigenvalue weighted by atomic mass is 32.2. The average Bonchev–Trinajstić information content (AvgIpc) is 3.15. The number of hydrogen-bond donors (Lipinski definition) is 0. The lowest BCUT2D eigenvalue weighted by Gasteiger charge is -2.38. The first-order valence-corrected chi connectivity index (χ1v) is 13.3. The fraction of sp³-hybridized carbons (Fsp3) is 0.296. The topological polar surface area (TPSA) is 66.9 Å². The molecule has 1 unspecified atom stereocenters. The third-order valence-electron chi connectivity index (χ3n) is 6.93. The van der Waals surface area contributed by atoms with Gasteiger partial charge in [-0.3, -0.25) is 4.79 Å². The summed E-state index contributed by atoms with van der Waals surface area (Å²) in [5, 5.41) is 0. The number of nitrogens with zero attached hydrogens (tertiary/aromatic N) is 2. The number of benzene rings is 3. The normalized spacial score (nSPS) is 20.7. The lowest BCUT2D eigenvalue weighted by molar-refractivity contribution is -0.138. The number of piperidine rings is 1. The van der Waals surface area contributed by atoms with Gasteiger partial charge < -0.3 is 9.64 Å². The minimum Gasteiger partial charge on any atom is -0.457 e. The van der Waals surface area contributed by atoms with Crippen molar-refractivity contribution in [2.45, 2.75) is 30.7 Å². The molecule has 2 aliphatic rings. The summed E-state index contributed by atoms with van der Waals surface area (Å²) in [6.45, 7) is 1.10. The Kier molecular flexibility index (Phi) is 6.53. The molecule has 2 aliphatic heterocycles. The Morgan fingerprint density at radius 1 is 0.889 bits per heavy atom. The Labute approximate surface area is 209 Å². The quantitative estimate of drug-likeness (QED) is 0.468. The van der Waals surface area contributed by atoms with Gasteiger partial charge in [0.05, 0.1) is 5.41 Å². The minimum atomic E-state index is -4.20. The molecule has 1 spiro atoms. The zero-order chi connectivity index (χ0) is 25.3. The molecule has 3 aromatic rings. The second-order valence-electron chi connectivity index (χ2n) is 9.33. The summed E-state index contributed by atoms with van der Waals surface area (Å²) >= 11 is 0. The largest absolute Gasteiger partial charge is 0.457 e. The van der Waals surface area contributed by atoms with Crippen molar-refractivity contribution in [1.82, 2.24) is 9.21 Å². The van der Waals surface area contributed by atoms with E-state index in [0.29, 0.717) is 44.2 Å². The van der Waals surface area contributed by atoms with Gasteiger partial charge in [0.1, 0.15) is 28.0 Å². The van der Waals surface area contributed by atoms with Gasteiger partial charge in [-0.25, -0.2) is 17.2 Å². The summed E-state index contributed by atoms with van der Waals surface area (Å²) in [5.74, 6) is -0.641. The predicted molar refractivity (Wildman–Crippen MR) is 130 cm³/mol. The maximum atomic E-state index is 14.3. The molecule has 6 nitrogen and oxygen atoms in total. The van der Waals surface area contributed by atoms with Crippen molar-refractivity contribution in [3.63, 3.8) is 0 Å². The maximum Gasteiger partial charge on any atom is 0.246 e. The SMILES string of the molecule is O=C1N(Cc2ccc(Oc3ccccc3)cc2)CCC12CCCN(S(=O)(=O)c1ccc(F)cc1F)C2. The summed E-state index contributed by atoms with van der Waals surface area (Å²) in [6, 6.07) is 19.4. The Hall–Kier alpha value is -3.30. The van der Waals surface area contributed by atoms with Crippen molar-refractivity contribution in [1.29, 1.82) is 0 Å². The molecule has 36 heavy (non-hydrogen) atoms. The molecule has 2 saturated heterocycles. The molecule has 9 heteroatoms. The van der Waals surface area contributed by atoms with Gasteiger partial charge in [0, 0.05) is 32.2 Å². The van der Waals surface area contributed by atoms with Crippen molar-refractivity contribution >= 4 is 15.9 Å². The van der Waals surface area contributed by atoms with E-state index in [1.807, 2.05) is 54.6 Å². The van der Waals surface area contributed by atoms with Crippen molar-refractivity contribution in [2.75, 3.05) is 19.6 Å². The number of para-hydroxylation sites is 1. The Morgan fingerprint density at radius 2 is 1.61 bits per heavy atom. The number of hydrogen-bond acceptors (Lipinski definition) is 4. The zero-order valence-corrected chi connectivity index (χ0v) is 20.4. The molecule has 188 valence electrons. The third-order valence-corrected chi connectivity index (χ3v) is 8.81. The van der Waals surface area contributed by atoms with E-state index in [1.165, 1.54) is 4.31 Å². The van der Waals surface area contributed by atoms with Gasteiger partial charge >= 0.3 is 0 Å². The van der Waals surface area contributed by atoms with E-state index in [-0.39, 0.29) is 19.0 Å². The van der Waals surface area contributed by atoms with Gasteiger partial charge in [0.2, 0.25) is 15.9 Å². The van der Waals surface area contributed by atoms with Crippen LogP contribution in [0.25, 0.3) is 0 Å². The van der Waals surface area contributed by atoms with Crippen molar-refractivity contribution in [2.24, 2.45) is 5.41 Å². The molecule has 0 aromatic heterocycles. The predicted octanol–water partition coefficient (Wildman–Crippen LogP) is 4.96. The molecule has 1 amide bonds. The fourth-order valence-electron chi connectivity index (χ4n) is 5.05. The summed E-state index contributed by atoms with van der Waals surface area (Å²) in [7, 11) is -4.20. The van der Waals surface area contributed by atoms with Crippen LogP contribution in [-0.4, -0.2) is 43.2 Å². The Bertz CT molecular complexity index is 1370. The van der Waals surface area contributed by atoms with Crippen LogP contribution in [0.5, 0.6) is 11.5 Å². The molecular weight excluding hydrogens is 486 g/mol. The van der Waals surface area contributed by atoms with E-state index in [1.54, 1.807) is 4.90 Å². The molecule has 3 aromatic carbocycles. The number of likely N-dealkylation sites (tertiary alicyclic amines) is 1.